The van der Waals surface area contributed by atoms with Crippen molar-refractivity contribution in [1.29, 1.82) is 0 Å². The molecule has 108 valence electrons. The van der Waals surface area contributed by atoms with Crippen LogP contribution in [0.5, 0.6) is 0 Å². The number of hydrogen-bond donors (Lipinski definition) is 0. The normalized spacial score (nSPS) is 19.7. The fourth-order valence-electron chi connectivity index (χ4n) is 2.46. The second-order valence-corrected chi connectivity index (χ2v) is 9.84. The molecule has 0 aromatic carbocycles. The zero-order valence-electron chi connectivity index (χ0n) is 13.4. The SMILES string of the molecule is CC=C(C)[CH](C)[Zr+2][C]1=C(C)C(C)=C(C)C1(C)C.[Br-].[Br-]. The first-order valence-electron chi connectivity index (χ1n) is 6.52. The Labute approximate surface area is 152 Å². The van der Waals surface area contributed by atoms with Gasteiger partial charge in [0.25, 0.3) is 0 Å². The van der Waals surface area contributed by atoms with Crippen molar-refractivity contribution >= 4 is 0 Å². The molecule has 0 radical (unpaired) electrons. The topological polar surface area (TPSA) is 0 Å². The molecule has 3 heteroatoms. The van der Waals surface area contributed by atoms with Crippen molar-refractivity contribution in [2.24, 2.45) is 5.41 Å². The summed E-state index contributed by atoms with van der Waals surface area (Å²) < 4.78 is 2.64. The third-order valence-corrected chi connectivity index (χ3v) is 9.91. The van der Waals surface area contributed by atoms with Gasteiger partial charge >= 0.3 is 119 Å². The molecule has 0 N–H and O–H groups in total. The summed E-state index contributed by atoms with van der Waals surface area (Å²) in [5.41, 5.74) is 6.67. The van der Waals surface area contributed by atoms with Crippen LogP contribution >= 0.6 is 0 Å². The average molecular weight is 469 g/mol. The van der Waals surface area contributed by atoms with Crippen LogP contribution in [0, 0.1) is 5.41 Å². The van der Waals surface area contributed by atoms with E-state index in [1.165, 1.54) is 0 Å². The average Bonchev–Trinajstić information content (AvgIpc) is 2.43. The first kappa shape index (κ1) is 22.3. The van der Waals surface area contributed by atoms with E-state index >= 15 is 0 Å². The van der Waals surface area contributed by atoms with Crippen molar-refractivity contribution in [3.8, 4) is 0 Å². The summed E-state index contributed by atoms with van der Waals surface area (Å²) in [5.74, 6) is 0. The van der Waals surface area contributed by atoms with Crippen LogP contribution in [0.2, 0.25) is 3.63 Å². The molecule has 0 spiro atoms. The molecule has 1 unspecified atom stereocenters. The first-order valence-corrected chi connectivity index (χ1v) is 9.17. The van der Waals surface area contributed by atoms with Gasteiger partial charge in [0.05, 0.1) is 0 Å². The van der Waals surface area contributed by atoms with Gasteiger partial charge in [-0.05, 0) is 0 Å². The van der Waals surface area contributed by atoms with Crippen molar-refractivity contribution in [3.05, 3.63) is 31.6 Å². The third kappa shape index (κ3) is 4.51. The molecule has 0 aliphatic heterocycles. The number of rotatable bonds is 3. The Bertz CT molecular complexity index is 414. The predicted molar refractivity (Wildman–Crippen MR) is 73.7 cm³/mol. The largest absolute Gasteiger partial charge is 1.00 e. The Morgan fingerprint density at radius 1 is 1.11 bits per heavy atom. The van der Waals surface area contributed by atoms with Crippen LogP contribution in [0.1, 0.15) is 55.4 Å². The van der Waals surface area contributed by atoms with Crippen molar-refractivity contribution in [1.82, 2.24) is 0 Å². The van der Waals surface area contributed by atoms with Gasteiger partial charge in [0.15, 0.2) is 0 Å². The molecule has 0 aromatic heterocycles. The van der Waals surface area contributed by atoms with Gasteiger partial charge in [0.2, 0.25) is 0 Å². The van der Waals surface area contributed by atoms with Gasteiger partial charge in [-0.25, -0.2) is 0 Å². The second kappa shape index (κ2) is 8.49. The molecule has 19 heavy (non-hydrogen) atoms. The molecule has 1 aliphatic carbocycles. The van der Waals surface area contributed by atoms with Crippen molar-refractivity contribution in [2.75, 3.05) is 0 Å². The van der Waals surface area contributed by atoms with Gasteiger partial charge in [-0.3, -0.25) is 0 Å². The zero-order chi connectivity index (χ0) is 13.4. The van der Waals surface area contributed by atoms with Crippen molar-refractivity contribution in [3.63, 3.8) is 0 Å². The molecule has 0 heterocycles. The van der Waals surface area contributed by atoms with Crippen LogP contribution < -0.4 is 34.0 Å². The smallest absolute Gasteiger partial charge is 1.00 e. The van der Waals surface area contributed by atoms with Crippen LogP contribution in [-0.2, 0) is 23.2 Å². The number of hydrogen-bond acceptors (Lipinski definition) is 0. The minimum absolute atomic E-state index is 0. The van der Waals surface area contributed by atoms with Crippen LogP contribution in [0.25, 0.3) is 0 Å². The summed E-state index contributed by atoms with van der Waals surface area (Å²) in [6.07, 6.45) is 2.29. The quantitative estimate of drug-likeness (QED) is 0.490. The molecule has 0 saturated carbocycles. The maximum absolute atomic E-state index is 2.42. The van der Waals surface area contributed by atoms with E-state index in [2.05, 4.69) is 61.5 Å². The van der Waals surface area contributed by atoms with E-state index in [9.17, 15) is 0 Å². The van der Waals surface area contributed by atoms with Crippen molar-refractivity contribution < 1.29 is 57.2 Å². The molecule has 1 atom stereocenters. The summed E-state index contributed by atoms with van der Waals surface area (Å²) >= 11 is -0.503. The molecular weight excluding hydrogens is 443 g/mol. The minimum atomic E-state index is -0.503. The Morgan fingerprint density at radius 2 is 1.58 bits per heavy atom. The summed E-state index contributed by atoms with van der Waals surface area (Å²) in [6, 6.07) is 0. The molecule has 0 bridgehead atoms. The Morgan fingerprint density at radius 3 is 1.89 bits per heavy atom. The van der Waals surface area contributed by atoms with E-state index in [1.54, 1.807) is 22.3 Å². The third-order valence-electron chi connectivity index (χ3n) is 4.56. The molecule has 0 amide bonds. The van der Waals surface area contributed by atoms with E-state index in [-0.39, 0.29) is 34.0 Å². The zero-order valence-corrected chi connectivity index (χ0v) is 19.0. The summed E-state index contributed by atoms with van der Waals surface area (Å²) in [4.78, 5) is 0. The monoisotopic (exact) mass is 466 g/mol. The van der Waals surface area contributed by atoms with Crippen molar-refractivity contribution in [2.45, 2.75) is 59.0 Å². The van der Waals surface area contributed by atoms with E-state index in [0.29, 0.717) is 5.41 Å². The fraction of sp³-hybridized carbons (Fsp3) is 0.625. The molecule has 0 saturated heterocycles. The van der Waals surface area contributed by atoms with E-state index in [0.717, 1.165) is 3.63 Å². The van der Waals surface area contributed by atoms with Crippen LogP contribution in [0.4, 0.5) is 0 Å². The van der Waals surface area contributed by atoms with Crippen LogP contribution in [-0.4, -0.2) is 0 Å². The Balaban J connectivity index is 0. The summed E-state index contributed by atoms with van der Waals surface area (Å²) in [5, 5.41) is 0. The molecular formula is C16H26Br2Zr. The van der Waals surface area contributed by atoms with Crippen LogP contribution in [0.3, 0.4) is 0 Å². The predicted octanol–water partition coefficient (Wildman–Crippen LogP) is -0.498. The fourth-order valence-corrected chi connectivity index (χ4v) is 6.84. The van der Waals surface area contributed by atoms with Gasteiger partial charge in [0.1, 0.15) is 0 Å². The van der Waals surface area contributed by atoms with Gasteiger partial charge in [-0.2, -0.15) is 0 Å². The maximum atomic E-state index is 2.42. The van der Waals surface area contributed by atoms with Gasteiger partial charge in [0, 0.05) is 0 Å². The van der Waals surface area contributed by atoms with E-state index in [1.807, 2.05) is 3.28 Å². The molecule has 1 rings (SSSR count). The maximum Gasteiger partial charge on any atom is -1.00 e. The first-order chi connectivity index (χ1) is 7.73. The Hall–Kier alpha value is 1.06. The minimum Gasteiger partial charge on any atom is -1.00 e. The second-order valence-electron chi connectivity index (χ2n) is 5.77. The van der Waals surface area contributed by atoms with Gasteiger partial charge in [-0.15, -0.1) is 0 Å². The Kier molecular flexibility index (Phi) is 9.99. The summed E-state index contributed by atoms with van der Waals surface area (Å²) in [7, 11) is 0. The molecule has 0 aromatic rings. The standard InChI is InChI=1S/C10H15.C6H11.2BrH.Zr/c1-7-6-10(4,5)9(3)8(7)2;1-4-6(3)5-2;;;/h1-5H3;4-5H,1-3H3;2*1H;/q;;;;+2/p-2. The number of halogens is 2. The van der Waals surface area contributed by atoms with Crippen LogP contribution in [0.15, 0.2) is 31.6 Å². The summed E-state index contributed by atoms with van der Waals surface area (Å²) in [6.45, 7) is 18.6. The van der Waals surface area contributed by atoms with Gasteiger partial charge < -0.3 is 34.0 Å². The molecule has 1 aliphatic rings. The molecule has 0 nitrogen and oxygen atoms in total. The van der Waals surface area contributed by atoms with Gasteiger partial charge in [-0.1, -0.05) is 0 Å². The number of allylic oxidation sites excluding steroid dienone is 6. The van der Waals surface area contributed by atoms with E-state index in [4.69, 9.17) is 0 Å². The molecule has 0 fully saturated rings. The van der Waals surface area contributed by atoms with E-state index < -0.39 is 23.2 Å².